The Labute approximate surface area is 72.7 Å². The van der Waals surface area contributed by atoms with Gasteiger partial charge < -0.3 is 4.74 Å². The lowest BCUT2D eigenvalue weighted by Gasteiger charge is -2.10. The van der Waals surface area contributed by atoms with Gasteiger partial charge in [-0.2, -0.15) is 0 Å². The van der Waals surface area contributed by atoms with Crippen LogP contribution in [-0.4, -0.2) is 7.11 Å². The number of rotatable bonds is 1. The predicted molar refractivity (Wildman–Crippen MR) is 49.0 cm³/mol. The fraction of sp³-hybridized carbons (Fsp3) is 0.273. The van der Waals surface area contributed by atoms with Crippen molar-refractivity contribution in [1.29, 1.82) is 0 Å². The van der Waals surface area contributed by atoms with Gasteiger partial charge in [-0.3, -0.25) is 0 Å². The molecular formula is C11H11O. The Morgan fingerprint density at radius 1 is 1.42 bits per heavy atom. The first-order chi connectivity index (χ1) is 5.90. The topological polar surface area (TPSA) is 9.23 Å². The summed E-state index contributed by atoms with van der Waals surface area (Å²) < 4.78 is 5.15. The second-order valence-corrected chi connectivity index (χ2v) is 2.91. The standard InChI is InChI=1S/C11H11O/c1-12-11-7-6-9-4-2-3-5-10(9)8-11/h4,6-8H,3,5H2,1H3. The van der Waals surface area contributed by atoms with Gasteiger partial charge in [-0.15, -0.1) is 0 Å². The molecule has 1 heteroatoms. The molecule has 0 spiro atoms. The van der Waals surface area contributed by atoms with Gasteiger partial charge in [-0.1, -0.05) is 12.1 Å². The van der Waals surface area contributed by atoms with E-state index in [1.807, 2.05) is 6.07 Å². The molecule has 2 rings (SSSR count). The highest BCUT2D eigenvalue weighted by molar-refractivity contribution is 5.56. The van der Waals surface area contributed by atoms with Crippen LogP contribution in [0, 0.1) is 6.08 Å². The minimum absolute atomic E-state index is 0.948. The van der Waals surface area contributed by atoms with Crippen molar-refractivity contribution in [2.45, 2.75) is 12.8 Å². The summed E-state index contributed by atoms with van der Waals surface area (Å²) >= 11 is 0. The minimum Gasteiger partial charge on any atom is -0.497 e. The van der Waals surface area contributed by atoms with Gasteiger partial charge in [0.25, 0.3) is 0 Å². The van der Waals surface area contributed by atoms with Crippen molar-refractivity contribution in [3.8, 4) is 5.75 Å². The molecule has 1 aromatic rings. The number of allylic oxidation sites excluding steroid dienone is 1. The SMILES string of the molecule is COc1ccc2c(c1)CC[C]=C2. The summed E-state index contributed by atoms with van der Waals surface area (Å²) in [6, 6.07) is 6.18. The summed E-state index contributed by atoms with van der Waals surface area (Å²) in [6.45, 7) is 0. The molecule has 0 unspecified atom stereocenters. The zero-order valence-electron chi connectivity index (χ0n) is 7.13. The van der Waals surface area contributed by atoms with Crippen LogP contribution in [-0.2, 0) is 6.42 Å². The van der Waals surface area contributed by atoms with Crippen molar-refractivity contribution in [1.82, 2.24) is 0 Å². The first kappa shape index (κ1) is 7.41. The third kappa shape index (κ3) is 1.22. The third-order valence-electron chi connectivity index (χ3n) is 2.15. The number of benzene rings is 1. The van der Waals surface area contributed by atoms with Crippen LogP contribution in [0.25, 0.3) is 6.08 Å². The van der Waals surface area contributed by atoms with E-state index in [-0.39, 0.29) is 0 Å². The van der Waals surface area contributed by atoms with E-state index in [4.69, 9.17) is 4.74 Å². The second kappa shape index (κ2) is 3.02. The second-order valence-electron chi connectivity index (χ2n) is 2.91. The maximum atomic E-state index is 5.15. The molecule has 0 saturated heterocycles. The van der Waals surface area contributed by atoms with Crippen molar-refractivity contribution < 1.29 is 4.74 Å². The molecule has 0 amide bonds. The van der Waals surface area contributed by atoms with Crippen LogP contribution in [0.4, 0.5) is 0 Å². The molecule has 0 N–H and O–H groups in total. The molecule has 1 aromatic carbocycles. The summed E-state index contributed by atoms with van der Waals surface area (Å²) in [4.78, 5) is 0. The van der Waals surface area contributed by atoms with E-state index in [0.29, 0.717) is 0 Å². The number of fused-ring (bicyclic) bond motifs is 1. The van der Waals surface area contributed by atoms with Gasteiger partial charge in [0.2, 0.25) is 0 Å². The molecule has 0 fully saturated rings. The molecule has 1 aliphatic rings. The summed E-state index contributed by atoms with van der Waals surface area (Å²) in [5.74, 6) is 0.948. The number of ether oxygens (including phenoxy) is 1. The van der Waals surface area contributed by atoms with Crippen LogP contribution in [0.15, 0.2) is 18.2 Å². The molecular weight excluding hydrogens is 148 g/mol. The van der Waals surface area contributed by atoms with Crippen LogP contribution in [0.2, 0.25) is 0 Å². The van der Waals surface area contributed by atoms with Crippen LogP contribution in [0.1, 0.15) is 17.5 Å². The quantitative estimate of drug-likeness (QED) is 0.611. The number of methoxy groups -OCH3 is 1. The molecule has 61 valence electrons. The minimum atomic E-state index is 0.948. The predicted octanol–water partition coefficient (Wildman–Crippen LogP) is 2.46. The van der Waals surface area contributed by atoms with E-state index < -0.39 is 0 Å². The summed E-state index contributed by atoms with van der Waals surface area (Å²) in [5.41, 5.74) is 2.65. The van der Waals surface area contributed by atoms with E-state index in [9.17, 15) is 0 Å². The first-order valence-electron chi connectivity index (χ1n) is 4.13. The molecule has 1 nitrogen and oxygen atoms in total. The Kier molecular flexibility index (Phi) is 1.86. The molecule has 0 atom stereocenters. The van der Waals surface area contributed by atoms with Gasteiger partial charge in [-0.25, -0.2) is 0 Å². The van der Waals surface area contributed by atoms with E-state index in [2.05, 4.69) is 24.3 Å². The Hall–Kier alpha value is -1.24. The smallest absolute Gasteiger partial charge is 0.119 e. The van der Waals surface area contributed by atoms with Gasteiger partial charge in [0.15, 0.2) is 0 Å². The van der Waals surface area contributed by atoms with E-state index in [0.717, 1.165) is 18.6 Å². The van der Waals surface area contributed by atoms with Crippen LogP contribution in [0.3, 0.4) is 0 Å². The highest BCUT2D eigenvalue weighted by Gasteiger charge is 2.04. The average Bonchev–Trinajstić information content (AvgIpc) is 2.17. The monoisotopic (exact) mass is 159 g/mol. The summed E-state index contributed by atoms with van der Waals surface area (Å²) in [6.07, 6.45) is 7.38. The Morgan fingerprint density at radius 3 is 3.17 bits per heavy atom. The van der Waals surface area contributed by atoms with Crippen LogP contribution in [0.5, 0.6) is 5.75 Å². The summed E-state index contributed by atoms with van der Waals surface area (Å²) in [7, 11) is 1.70. The number of hydrogen-bond donors (Lipinski definition) is 0. The number of hydrogen-bond acceptors (Lipinski definition) is 1. The van der Waals surface area contributed by atoms with Gasteiger partial charge in [0.1, 0.15) is 5.75 Å². The Bertz CT molecular complexity index is 313. The van der Waals surface area contributed by atoms with Crippen molar-refractivity contribution in [2.24, 2.45) is 0 Å². The van der Waals surface area contributed by atoms with Crippen molar-refractivity contribution >= 4 is 6.08 Å². The first-order valence-corrected chi connectivity index (χ1v) is 4.13. The zero-order valence-corrected chi connectivity index (χ0v) is 7.13. The van der Waals surface area contributed by atoms with Crippen LogP contribution >= 0.6 is 0 Å². The third-order valence-corrected chi connectivity index (χ3v) is 2.15. The molecule has 0 heterocycles. The highest BCUT2D eigenvalue weighted by atomic mass is 16.5. The molecule has 1 aliphatic carbocycles. The molecule has 0 aliphatic heterocycles. The fourth-order valence-corrected chi connectivity index (χ4v) is 1.46. The lowest BCUT2D eigenvalue weighted by molar-refractivity contribution is 0.414. The normalized spacial score (nSPS) is 14.1. The Morgan fingerprint density at radius 2 is 2.33 bits per heavy atom. The maximum absolute atomic E-state index is 5.15. The highest BCUT2D eigenvalue weighted by Crippen LogP contribution is 2.23. The Balaban J connectivity index is 2.44. The van der Waals surface area contributed by atoms with Crippen molar-refractivity contribution in [3.05, 3.63) is 35.4 Å². The molecule has 0 saturated carbocycles. The van der Waals surface area contributed by atoms with Gasteiger partial charge >= 0.3 is 0 Å². The van der Waals surface area contributed by atoms with Gasteiger partial charge in [-0.05, 0) is 42.2 Å². The maximum Gasteiger partial charge on any atom is 0.119 e. The lowest BCUT2D eigenvalue weighted by Crippen LogP contribution is -1.94. The van der Waals surface area contributed by atoms with Crippen molar-refractivity contribution in [3.63, 3.8) is 0 Å². The van der Waals surface area contributed by atoms with Gasteiger partial charge in [0, 0.05) is 0 Å². The van der Waals surface area contributed by atoms with E-state index >= 15 is 0 Å². The molecule has 1 radical (unpaired) electrons. The average molecular weight is 159 g/mol. The lowest BCUT2D eigenvalue weighted by atomic mass is 9.97. The molecule has 0 aromatic heterocycles. The molecule has 0 bridgehead atoms. The van der Waals surface area contributed by atoms with E-state index in [1.165, 1.54) is 11.1 Å². The number of aryl methyl sites for hydroxylation is 1. The zero-order chi connectivity index (χ0) is 8.39. The fourth-order valence-electron chi connectivity index (χ4n) is 1.46. The molecule has 12 heavy (non-hydrogen) atoms. The summed E-state index contributed by atoms with van der Waals surface area (Å²) in [5, 5.41) is 0. The van der Waals surface area contributed by atoms with Gasteiger partial charge in [0.05, 0.1) is 7.11 Å². The van der Waals surface area contributed by atoms with E-state index in [1.54, 1.807) is 7.11 Å². The largest absolute Gasteiger partial charge is 0.497 e. The van der Waals surface area contributed by atoms with Crippen molar-refractivity contribution in [2.75, 3.05) is 7.11 Å². The van der Waals surface area contributed by atoms with Crippen LogP contribution < -0.4 is 4.74 Å².